The third-order valence-electron chi connectivity index (χ3n) is 4.23. The molecule has 0 saturated carbocycles. The van der Waals surface area contributed by atoms with E-state index in [4.69, 9.17) is 21.7 Å². The second kappa shape index (κ2) is 8.68. The first-order valence-corrected chi connectivity index (χ1v) is 9.21. The molecule has 0 spiro atoms. The van der Waals surface area contributed by atoms with Crippen molar-refractivity contribution in [2.45, 2.75) is 26.5 Å². The molecule has 0 saturated heterocycles. The minimum atomic E-state index is -0.360. The third-order valence-corrected chi connectivity index (χ3v) is 4.45. The van der Waals surface area contributed by atoms with Gasteiger partial charge in [0.15, 0.2) is 5.11 Å². The number of rotatable bonds is 6. The number of esters is 1. The molecule has 0 radical (unpaired) electrons. The number of hydrogen-bond donors (Lipinski definition) is 2. The smallest absolute Gasteiger partial charge is 0.338 e. The summed E-state index contributed by atoms with van der Waals surface area (Å²) >= 11 is 5.25. The van der Waals surface area contributed by atoms with Gasteiger partial charge in [-0.25, -0.2) is 4.79 Å². The molecule has 0 aliphatic carbocycles. The number of allylic oxidation sites excluding steroid dienone is 1. The van der Waals surface area contributed by atoms with Crippen molar-refractivity contribution in [2.24, 2.45) is 0 Å². The van der Waals surface area contributed by atoms with Crippen LogP contribution in [0, 0.1) is 0 Å². The fraction of sp³-hybridized carbons (Fsp3) is 0.238. The summed E-state index contributed by atoms with van der Waals surface area (Å²) < 4.78 is 11.0. The molecule has 0 fully saturated rings. The molecule has 2 aromatic rings. The molecule has 2 aromatic carbocycles. The lowest BCUT2D eigenvalue weighted by Crippen LogP contribution is -2.45. The summed E-state index contributed by atoms with van der Waals surface area (Å²) in [5.74, 6) is 0.407. The maximum atomic E-state index is 12.4. The van der Waals surface area contributed by atoms with Crippen LogP contribution in [0.3, 0.4) is 0 Å². The van der Waals surface area contributed by atoms with Gasteiger partial charge in [0.25, 0.3) is 0 Å². The number of ether oxygens (including phenoxy) is 2. The molecule has 0 amide bonds. The monoisotopic (exact) mass is 382 g/mol. The van der Waals surface area contributed by atoms with Crippen LogP contribution in [0.4, 0.5) is 0 Å². The van der Waals surface area contributed by atoms with Gasteiger partial charge in [-0.3, -0.25) is 0 Å². The molecule has 1 heterocycles. The van der Waals surface area contributed by atoms with E-state index in [2.05, 4.69) is 10.6 Å². The van der Waals surface area contributed by atoms with Crippen LogP contribution < -0.4 is 15.4 Å². The predicted octanol–water partition coefficient (Wildman–Crippen LogP) is 3.62. The second-order valence-electron chi connectivity index (χ2n) is 6.13. The van der Waals surface area contributed by atoms with E-state index in [0.29, 0.717) is 29.6 Å². The second-order valence-corrected chi connectivity index (χ2v) is 6.54. The summed E-state index contributed by atoms with van der Waals surface area (Å²) in [7, 11) is 0. The topological polar surface area (TPSA) is 59.6 Å². The first-order valence-electron chi connectivity index (χ1n) is 8.80. The van der Waals surface area contributed by atoms with Crippen LogP contribution in [0.5, 0.6) is 5.75 Å². The highest BCUT2D eigenvalue weighted by Gasteiger charge is 2.30. The van der Waals surface area contributed by atoms with Gasteiger partial charge in [-0.2, -0.15) is 0 Å². The summed E-state index contributed by atoms with van der Waals surface area (Å²) in [4.78, 5) is 12.4. The van der Waals surface area contributed by atoms with Crippen LogP contribution in [0.25, 0.3) is 0 Å². The number of nitrogens with one attached hydrogen (secondary N) is 2. The lowest BCUT2D eigenvalue weighted by atomic mass is 9.95. The Labute approximate surface area is 164 Å². The SMILES string of the molecule is CCOC(=O)C1=C(C)NC(=S)NC1c1ccc(OCc2ccccc2)cc1. The third kappa shape index (κ3) is 4.65. The summed E-state index contributed by atoms with van der Waals surface area (Å²) in [5, 5.41) is 6.62. The zero-order chi connectivity index (χ0) is 19.2. The van der Waals surface area contributed by atoms with Crippen molar-refractivity contribution in [3.8, 4) is 5.75 Å². The molecule has 140 valence electrons. The van der Waals surface area contributed by atoms with E-state index < -0.39 is 0 Å². The molecule has 2 N–H and O–H groups in total. The lowest BCUT2D eigenvalue weighted by molar-refractivity contribution is -0.139. The van der Waals surface area contributed by atoms with Gasteiger partial charge < -0.3 is 20.1 Å². The van der Waals surface area contributed by atoms with Gasteiger partial charge in [-0.1, -0.05) is 42.5 Å². The van der Waals surface area contributed by atoms with Crippen LogP contribution in [0.2, 0.25) is 0 Å². The highest BCUT2D eigenvalue weighted by Crippen LogP contribution is 2.29. The molecule has 5 nitrogen and oxygen atoms in total. The van der Waals surface area contributed by atoms with Crippen LogP contribution >= 0.6 is 12.2 Å². The fourth-order valence-electron chi connectivity index (χ4n) is 2.92. The number of thiocarbonyl (C=S) groups is 1. The molecule has 1 aliphatic heterocycles. The van der Waals surface area contributed by atoms with Crippen molar-refractivity contribution in [3.05, 3.63) is 77.0 Å². The maximum absolute atomic E-state index is 12.4. The van der Waals surface area contributed by atoms with Crippen molar-refractivity contribution in [3.63, 3.8) is 0 Å². The van der Waals surface area contributed by atoms with Crippen molar-refractivity contribution >= 4 is 23.3 Å². The first kappa shape index (κ1) is 18.9. The molecule has 1 atom stereocenters. The van der Waals surface area contributed by atoms with Gasteiger partial charge in [0.1, 0.15) is 12.4 Å². The molecule has 27 heavy (non-hydrogen) atoms. The Morgan fingerprint density at radius 3 is 2.48 bits per heavy atom. The van der Waals surface area contributed by atoms with Crippen LogP contribution in [0.15, 0.2) is 65.9 Å². The Balaban J connectivity index is 1.77. The van der Waals surface area contributed by atoms with E-state index in [1.165, 1.54) is 0 Å². The Kier molecular flexibility index (Phi) is 6.08. The number of carbonyl (C=O) groups is 1. The predicted molar refractivity (Wildman–Crippen MR) is 108 cm³/mol. The van der Waals surface area contributed by atoms with Gasteiger partial charge in [0.05, 0.1) is 18.2 Å². The quantitative estimate of drug-likeness (QED) is 0.588. The van der Waals surface area contributed by atoms with E-state index in [-0.39, 0.29) is 12.0 Å². The number of benzene rings is 2. The molecule has 1 unspecified atom stereocenters. The van der Waals surface area contributed by atoms with Crippen molar-refractivity contribution < 1.29 is 14.3 Å². The van der Waals surface area contributed by atoms with E-state index >= 15 is 0 Å². The van der Waals surface area contributed by atoms with Gasteiger partial charge in [0, 0.05) is 5.70 Å². The molecule has 6 heteroatoms. The maximum Gasteiger partial charge on any atom is 0.338 e. The zero-order valence-electron chi connectivity index (χ0n) is 15.3. The molecule has 3 rings (SSSR count). The minimum Gasteiger partial charge on any atom is -0.489 e. The summed E-state index contributed by atoms with van der Waals surface area (Å²) in [6, 6.07) is 17.3. The average Bonchev–Trinajstić information content (AvgIpc) is 2.67. The van der Waals surface area contributed by atoms with Crippen LogP contribution in [-0.2, 0) is 16.1 Å². The fourth-order valence-corrected chi connectivity index (χ4v) is 3.19. The van der Waals surface area contributed by atoms with Gasteiger partial charge in [-0.15, -0.1) is 0 Å². The van der Waals surface area contributed by atoms with Crippen molar-refractivity contribution in [1.29, 1.82) is 0 Å². The highest BCUT2D eigenvalue weighted by molar-refractivity contribution is 7.80. The average molecular weight is 382 g/mol. The largest absolute Gasteiger partial charge is 0.489 e. The first-order chi connectivity index (χ1) is 13.1. The Morgan fingerprint density at radius 2 is 1.81 bits per heavy atom. The zero-order valence-corrected chi connectivity index (χ0v) is 16.1. The van der Waals surface area contributed by atoms with Gasteiger partial charge in [-0.05, 0) is 49.3 Å². The van der Waals surface area contributed by atoms with E-state index in [1.54, 1.807) is 6.92 Å². The summed E-state index contributed by atoms with van der Waals surface area (Å²) in [6.45, 7) is 4.43. The standard InChI is InChI=1S/C21H22N2O3S/c1-3-25-20(24)18-14(2)22-21(27)23-19(18)16-9-11-17(12-10-16)26-13-15-7-5-4-6-8-15/h4-12,19H,3,13H2,1-2H3,(H2,22,23,27). The van der Waals surface area contributed by atoms with Crippen molar-refractivity contribution in [1.82, 2.24) is 10.6 Å². The summed E-state index contributed by atoms with van der Waals surface area (Å²) in [5.41, 5.74) is 3.25. The van der Waals surface area contributed by atoms with Crippen LogP contribution in [-0.4, -0.2) is 17.7 Å². The Bertz CT molecular complexity index is 847. The summed E-state index contributed by atoms with van der Waals surface area (Å²) in [6.07, 6.45) is 0. The van der Waals surface area contributed by atoms with Gasteiger partial charge in [0.2, 0.25) is 0 Å². The van der Waals surface area contributed by atoms with Crippen molar-refractivity contribution in [2.75, 3.05) is 6.61 Å². The molecule has 0 bridgehead atoms. The van der Waals surface area contributed by atoms with E-state index in [0.717, 1.165) is 16.9 Å². The number of hydrogen-bond acceptors (Lipinski definition) is 4. The normalized spacial score (nSPS) is 16.4. The molecular formula is C21H22N2O3S. The lowest BCUT2D eigenvalue weighted by Gasteiger charge is -2.29. The van der Waals surface area contributed by atoms with Crippen LogP contribution in [0.1, 0.15) is 31.0 Å². The molecule has 1 aliphatic rings. The number of carbonyl (C=O) groups excluding carboxylic acids is 1. The van der Waals surface area contributed by atoms with E-state index in [1.807, 2.05) is 61.5 Å². The Hall–Kier alpha value is -2.86. The molecule has 0 aromatic heterocycles. The minimum absolute atomic E-state index is 0.318. The highest BCUT2D eigenvalue weighted by atomic mass is 32.1. The Morgan fingerprint density at radius 1 is 1.11 bits per heavy atom. The van der Waals surface area contributed by atoms with Gasteiger partial charge >= 0.3 is 5.97 Å². The van der Waals surface area contributed by atoms with E-state index in [9.17, 15) is 4.79 Å². The molecular weight excluding hydrogens is 360 g/mol.